The number of phenols is 1. The Morgan fingerprint density at radius 3 is 2.61 bits per heavy atom. The summed E-state index contributed by atoms with van der Waals surface area (Å²) in [5, 5.41) is 16.7. The second-order valence-electron chi connectivity index (χ2n) is 8.58. The molecule has 0 aliphatic carbocycles. The average molecular weight is 496 g/mol. The highest BCUT2D eigenvalue weighted by atomic mass is 33.1. The number of carbonyl (C=O) groups excluding carboxylic acids is 2. The first-order chi connectivity index (χ1) is 16.1. The molecule has 2 amide bonds. The number of amides is 2. The van der Waals surface area contributed by atoms with E-state index < -0.39 is 0 Å². The Kier molecular flexibility index (Phi) is 11.7. The largest absolute Gasteiger partial charge is 0.507 e. The topological polar surface area (TPSA) is 90.9 Å². The standard InChI is InChI=1S/C24H37N3O4S2/c28-22-7-3-2-6-21(22)24(30)26-13-10-19(27-14-16-31-17-15-27)9-12-25-23(29)8-4-1-5-20-11-18-32-33-20/h2-3,6-7,19-20,28H,1,4-5,8-18H2,(H,25,29)(H,26,30). The molecule has 7 nitrogen and oxygen atoms in total. The highest BCUT2D eigenvalue weighted by molar-refractivity contribution is 8.77. The summed E-state index contributed by atoms with van der Waals surface area (Å²) < 4.78 is 5.49. The fourth-order valence-corrected chi connectivity index (χ4v) is 7.28. The molecule has 0 radical (unpaired) electrons. The van der Waals surface area contributed by atoms with Crippen molar-refractivity contribution < 1.29 is 19.4 Å². The lowest BCUT2D eigenvalue weighted by Crippen LogP contribution is -2.46. The van der Waals surface area contributed by atoms with E-state index in [1.165, 1.54) is 24.7 Å². The van der Waals surface area contributed by atoms with Crippen molar-refractivity contribution >= 4 is 33.4 Å². The van der Waals surface area contributed by atoms with Gasteiger partial charge in [0.05, 0.1) is 18.8 Å². The molecule has 1 aromatic rings. The van der Waals surface area contributed by atoms with Gasteiger partial charge in [0.25, 0.3) is 5.91 Å². The molecule has 1 aromatic carbocycles. The Morgan fingerprint density at radius 2 is 1.88 bits per heavy atom. The number of para-hydroxylation sites is 1. The molecule has 9 heteroatoms. The van der Waals surface area contributed by atoms with Crippen molar-refractivity contribution in [2.75, 3.05) is 45.1 Å². The Labute approximate surface area is 205 Å². The number of unbranched alkanes of at least 4 members (excludes halogenated alkanes) is 1. The molecule has 184 valence electrons. The summed E-state index contributed by atoms with van der Waals surface area (Å²) in [7, 11) is 3.97. The SMILES string of the molecule is O=C(CCCCC1CCSS1)NCCC(CCNC(=O)c1ccccc1O)N1CCOCC1. The number of phenolic OH excluding ortho intramolecular Hbond substituents is 1. The number of ether oxygens (including phenoxy) is 1. The maximum atomic E-state index is 12.4. The maximum absolute atomic E-state index is 12.4. The minimum absolute atomic E-state index is 0.0108. The predicted octanol–water partition coefficient (Wildman–Crippen LogP) is 3.43. The molecule has 2 atom stereocenters. The van der Waals surface area contributed by atoms with Crippen LogP contribution < -0.4 is 10.6 Å². The molecule has 0 aromatic heterocycles. The quantitative estimate of drug-likeness (QED) is 0.285. The number of carbonyl (C=O) groups is 2. The van der Waals surface area contributed by atoms with E-state index >= 15 is 0 Å². The van der Waals surface area contributed by atoms with E-state index in [9.17, 15) is 14.7 Å². The third-order valence-electron chi connectivity index (χ3n) is 6.18. The molecular weight excluding hydrogens is 458 g/mol. The van der Waals surface area contributed by atoms with Crippen LogP contribution in [0.25, 0.3) is 0 Å². The molecule has 2 saturated heterocycles. The fraction of sp³-hybridized carbons (Fsp3) is 0.667. The van der Waals surface area contributed by atoms with E-state index in [-0.39, 0.29) is 29.2 Å². The van der Waals surface area contributed by atoms with Crippen LogP contribution >= 0.6 is 21.6 Å². The van der Waals surface area contributed by atoms with E-state index in [0.29, 0.717) is 32.7 Å². The summed E-state index contributed by atoms with van der Waals surface area (Å²) in [6, 6.07) is 6.82. The predicted molar refractivity (Wildman–Crippen MR) is 136 cm³/mol. The van der Waals surface area contributed by atoms with Gasteiger partial charge >= 0.3 is 0 Å². The minimum Gasteiger partial charge on any atom is -0.507 e. The van der Waals surface area contributed by atoms with Crippen molar-refractivity contribution in [1.82, 2.24) is 15.5 Å². The van der Waals surface area contributed by atoms with E-state index in [4.69, 9.17) is 4.74 Å². The molecular formula is C24H37N3O4S2. The molecule has 2 fully saturated rings. The van der Waals surface area contributed by atoms with Crippen molar-refractivity contribution in [3.05, 3.63) is 29.8 Å². The van der Waals surface area contributed by atoms with Crippen LogP contribution in [0.4, 0.5) is 0 Å². The van der Waals surface area contributed by atoms with E-state index in [1.54, 1.807) is 18.2 Å². The maximum Gasteiger partial charge on any atom is 0.255 e. The fourth-order valence-electron chi connectivity index (χ4n) is 4.25. The zero-order valence-corrected chi connectivity index (χ0v) is 20.9. The molecule has 2 aliphatic rings. The number of nitrogens with zero attached hydrogens (tertiary/aromatic N) is 1. The van der Waals surface area contributed by atoms with Gasteiger partial charge in [-0.15, -0.1) is 0 Å². The van der Waals surface area contributed by atoms with Gasteiger partial charge < -0.3 is 20.5 Å². The number of nitrogens with one attached hydrogen (secondary N) is 2. The third kappa shape index (κ3) is 9.39. The summed E-state index contributed by atoms with van der Waals surface area (Å²) in [6.07, 6.45) is 6.83. The zero-order valence-electron chi connectivity index (χ0n) is 19.3. The average Bonchev–Trinajstić information content (AvgIpc) is 3.35. The van der Waals surface area contributed by atoms with Gasteiger partial charge in [-0.2, -0.15) is 0 Å². The Bertz CT molecular complexity index is 740. The number of hydrogen-bond donors (Lipinski definition) is 3. The van der Waals surface area contributed by atoms with E-state index in [0.717, 1.165) is 44.0 Å². The Hall–Kier alpha value is -1.42. The molecule has 0 saturated carbocycles. The van der Waals surface area contributed by atoms with Gasteiger partial charge in [0.15, 0.2) is 0 Å². The van der Waals surface area contributed by atoms with Crippen molar-refractivity contribution in [2.45, 2.75) is 56.2 Å². The van der Waals surface area contributed by atoms with Gasteiger partial charge in [-0.1, -0.05) is 40.1 Å². The number of rotatable bonds is 13. The third-order valence-corrected chi connectivity index (χ3v) is 9.19. The van der Waals surface area contributed by atoms with E-state index in [2.05, 4.69) is 15.5 Å². The van der Waals surface area contributed by atoms with Crippen molar-refractivity contribution in [3.63, 3.8) is 0 Å². The van der Waals surface area contributed by atoms with E-state index in [1.807, 2.05) is 21.6 Å². The van der Waals surface area contributed by atoms with Crippen LogP contribution in [0.5, 0.6) is 5.75 Å². The summed E-state index contributed by atoms with van der Waals surface area (Å²) in [6.45, 7) is 4.31. The highest BCUT2D eigenvalue weighted by Gasteiger charge is 2.21. The first kappa shape index (κ1) is 26.2. The van der Waals surface area contributed by atoms with Crippen LogP contribution in [-0.2, 0) is 9.53 Å². The van der Waals surface area contributed by atoms with Crippen LogP contribution in [0.15, 0.2) is 24.3 Å². The van der Waals surface area contributed by atoms with Gasteiger partial charge in [-0.3, -0.25) is 14.5 Å². The lowest BCUT2D eigenvalue weighted by molar-refractivity contribution is -0.121. The number of hydrogen-bond acceptors (Lipinski definition) is 7. The van der Waals surface area contributed by atoms with Crippen LogP contribution in [0.1, 0.15) is 55.3 Å². The molecule has 3 rings (SSSR count). The molecule has 2 unspecified atom stereocenters. The Balaban J connectivity index is 1.36. The number of morpholine rings is 1. The Morgan fingerprint density at radius 1 is 1.12 bits per heavy atom. The van der Waals surface area contributed by atoms with Crippen molar-refractivity contribution in [3.8, 4) is 5.75 Å². The molecule has 0 bridgehead atoms. The van der Waals surface area contributed by atoms with Gasteiger partial charge in [0, 0.05) is 49.6 Å². The number of aromatic hydroxyl groups is 1. The van der Waals surface area contributed by atoms with Crippen LogP contribution in [0.2, 0.25) is 0 Å². The number of benzene rings is 1. The second kappa shape index (κ2) is 14.8. The second-order valence-corrected chi connectivity index (χ2v) is 11.4. The lowest BCUT2D eigenvalue weighted by atomic mass is 10.1. The molecule has 33 heavy (non-hydrogen) atoms. The molecule has 0 spiro atoms. The first-order valence-corrected chi connectivity index (χ1v) is 14.4. The summed E-state index contributed by atoms with van der Waals surface area (Å²) in [4.78, 5) is 27.0. The summed E-state index contributed by atoms with van der Waals surface area (Å²) in [5.41, 5.74) is 0.290. The zero-order chi connectivity index (χ0) is 23.3. The van der Waals surface area contributed by atoms with Crippen molar-refractivity contribution in [2.24, 2.45) is 0 Å². The van der Waals surface area contributed by atoms with Gasteiger partial charge in [0.1, 0.15) is 5.75 Å². The molecule has 2 heterocycles. The summed E-state index contributed by atoms with van der Waals surface area (Å²) in [5.74, 6) is 1.12. The lowest BCUT2D eigenvalue weighted by Gasteiger charge is -2.34. The van der Waals surface area contributed by atoms with Crippen molar-refractivity contribution in [1.29, 1.82) is 0 Å². The smallest absolute Gasteiger partial charge is 0.255 e. The van der Waals surface area contributed by atoms with Gasteiger partial charge in [-0.25, -0.2) is 0 Å². The minimum atomic E-state index is -0.267. The molecule has 2 aliphatic heterocycles. The monoisotopic (exact) mass is 495 g/mol. The summed E-state index contributed by atoms with van der Waals surface area (Å²) >= 11 is 0. The van der Waals surface area contributed by atoms with Gasteiger partial charge in [-0.05, 0) is 44.2 Å². The highest BCUT2D eigenvalue weighted by Crippen LogP contribution is 2.39. The first-order valence-electron chi connectivity index (χ1n) is 12.1. The molecule has 3 N–H and O–H groups in total. The van der Waals surface area contributed by atoms with Crippen LogP contribution in [0, 0.1) is 0 Å². The van der Waals surface area contributed by atoms with Gasteiger partial charge in [0.2, 0.25) is 5.91 Å². The van der Waals surface area contributed by atoms with Crippen LogP contribution in [-0.4, -0.2) is 78.3 Å². The van der Waals surface area contributed by atoms with Crippen LogP contribution in [0.3, 0.4) is 0 Å². The normalized spacial score (nSPS) is 19.8.